The largest absolute Gasteiger partial charge is 0.497 e. The molecule has 28 heavy (non-hydrogen) atoms. The van der Waals surface area contributed by atoms with E-state index in [0.717, 1.165) is 17.1 Å². The molecule has 6 nitrogen and oxygen atoms in total. The molecule has 0 saturated carbocycles. The normalized spacial score (nSPS) is 15.5. The number of nitriles is 1. The monoisotopic (exact) mass is 379 g/mol. The van der Waals surface area contributed by atoms with E-state index in [-0.39, 0.29) is 11.9 Å². The van der Waals surface area contributed by atoms with Crippen molar-refractivity contribution in [1.82, 2.24) is 9.80 Å². The zero-order valence-corrected chi connectivity index (χ0v) is 16.1. The van der Waals surface area contributed by atoms with Gasteiger partial charge in [0.25, 0.3) is 0 Å². The van der Waals surface area contributed by atoms with Gasteiger partial charge in [0.1, 0.15) is 17.5 Å². The summed E-state index contributed by atoms with van der Waals surface area (Å²) in [5.41, 5.74) is 0.915. The molecule has 2 aromatic rings. The SMILES string of the molecule is COc1cccc(C(C#N)N2CCN(C(=O)CCOc3ccccc3)CC2)c1. The van der Waals surface area contributed by atoms with Gasteiger partial charge in [-0.2, -0.15) is 5.26 Å². The summed E-state index contributed by atoms with van der Waals surface area (Å²) in [6.45, 7) is 2.94. The molecule has 1 aliphatic rings. The van der Waals surface area contributed by atoms with Crippen LogP contribution < -0.4 is 9.47 Å². The molecule has 1 heterocycles. The summed E-state index contributed by atoms with van der Waals surface area (Å²) >= 11 is 0. The Hall–Kier alpha value is -3.04. The second-order valence-corrected chi connectivity index (χ2v) is 6.64. The standard InChI is InChI=1S/C22H25N3O3/c1-27-20-9-5-6-18(16-20)21(17-23)24-11-13-25(14-12-24)22(26)10-15-28-19-7-3-2-4-8-19/h2-9,16,21H,10-15H2,1H3. The first-order valence-corrected chi connectivity index (χ1v) is 9.44. The highest BCUT2D eigenvalue weighted by Crippen LogP contribution is 2.25. The lowest BCUT2D eigenvalue weighted by molar-refractivity contribution is -0.133. The van der Waals surface area contributed by atoms with Gasteiger partial charge in [-0.25, -0.2) is 0 Å². The number of methoxy groups -OCH3 is 1. The number of piperazine rings is 1. The van der Waals surface area contributed by atoms with Crippen LogP contribution in [0.25, 0.3) is 0 Å². The van der Waals surface area contributed by atoms with E-state index in [2.05, 4.69) is 11.0 Å². The van der Waals surface area contributed by atoms with Gasteiger partial charge in [0, 0.05) is 26.2 Å². The Labute approximate surface area is 165 Å². The Kier molecular flexibility index (Phi) is 6.88. The van der Waals surface area contributed by atoms with Crippen molar-refractivity contribution in [1.29, 1.82) is 5.26 Å². The number of para-hydroxylation sites is 1. The fraction of sp³-hybridized carbons (Fsp3) is 0.364. The minimum Gasteiger partial charge on any atom is -0.497 e. The Bertz CT molecular complexity index is 811. The molecule has 6 heteroatoms. The van der Waals surface area contributed by atoms with Crippen molar-refractivity contribution in [2.45, 2.75) is 12.5 Å². The minimum absolute atomic E-state index is 0.0884. The van der Waals surface area contributed by atoms with E-state index < -0.39 is 0 Å². The summed E-state index contributed by atoms with van der Waals surface area (Å²) in [4.78, 5) is 16.4. The van der Waals surface area contributed by atoms with E-state index >= 15 is 0 Å². The van der Waals surface area contributed by atoms with Gasteiger partial charge in [-0.05, 0) is 29.8 Å². The molecule has 1 amide bonds. The summed E-state index contributed by atoms with van der Waals surface area (Å²) in [6.07, 6.45) is 0.354. The van der Waals surface area contributed by atoms with Crippen molar-refractivity contribution in [3.8, 4) is 17.6 Å². The highest BCUT2D eigenvalue weighted by Gasteiger charge is 2.27. The van der Waals surface area contributed by atoms with Gasteiger partial charge in [-0.1, -0.05) is 30.3 Å². The second kappa shape index (κ2) is 9.77. The fourth-order valence-electron chi connectivity index (χ4n) is 3.34. The summed E-state index contributed by atoms with van der Waals surface area (Å²) in [6, 6.07) is 19.1. The van der Waals surface area contributed by atoms with Crippen molar-refractivity contribution in [2.75, 3.05) is 39.9 Å². The number of nitrogens with zero attached hydrogens (tertiary/aromatic N) is 3. The molecule has 146 valence electrons. The van der Waals surface area contributed by atoms with Crippen LogP contribution in [0, 0.1) is 11.3 Å². The van der Waals surface area contributed by atoms with Crippen LogP contribution in [0.3, 0.4) is 0 Å². The average molecular weight is 379 g/mol. The van der Waals surface area contributed by atoms with Crippen LogP contribution in [-0.4, -0.2) is 55.6 Å². The van der Waals surface area contributed by atoms with Crippen molar-refractivity contribution in [3.63, 3.8) is 0 Å². The lowest BCUT2D eigenvalue weighted by Crippen LogP contribution is -2.49. The lowest BCUT2D eigenvalue weighted by Gasteiger charge is -2.37. The summed E-state index contributed by atoms with van der Waals surface area (Å²) in [5, 5.41) is 9.67. The maximum Gasteiger partial charge on any atom is 0.226 e. The third-order valence-electron chi connectivity index (χ3n) is 4.89. The summed E-state index contributed by atoms with van der Waals surface area (Å²) in [5.74, 6) is 1.60. The number of carbonyl (C=O) groups excluding carboxylic acids is 1. The molecule has 0 spiro atoms. The first-order valence-electron chi connectivity index (χ1n) is 9.44. The van der Waals surface area contributed by atoms with Crippen molar-refractivity contribution in [2.24, 2.45) is 0 Å². The van der Waals surface area contributed by atoms with E-state index in [1.165, 1.54) is 0 Å². The van der Waals surface area contributed by atoms with Crippen LogP contribution in [0.4, 0.5) is 0 Å². The van der Waals surface area contributed by atoms with Crippen LogP contribution in [0.15, 0.2) is 54.6 Å². The van der Waals surface area contributed by atoms with Gasteiger partial charge in [-0.3, -0.25) is 9.69 Å². The number of hydrogen-bond acceptors (Lipinski definition) is 5. The van der Waals surface area contributed by atoms with Crippen LogP contribution in [0.5, 0.6) is 11.5 Å². The third kappa shape index (κ3) is 5.02. The minimum atomic E-state index is -0.339. The number of ether oxygens (including phenoxy) is 2. The van der Waals surface area contributed by atoms with Gasteiger partial charge in [0.05, 0.1) is 26.2 Å². The highest BCUT2D eigenvalue weighted by molar-refractivity contribution is 5.76. The molecule has 0 bridgehead atoms. The van der Waals surface area contributed by atoms with Crippen LogP contribution in [0.2, 0.25) is 0 Å². The molecule has 2 aromatic carbocycles. The Morgan fingerprint density at radius 1 is 1.07 bits per heavy atom. The van der Waals surface area contributed by atoms with Crippen LogP contribution >= 0.6 is 0 Å². The van der Waals surface area contributed by atoms with Crippen molar-refractivity contribution < 1.29 is 14.3 Å². The quantitative estimate of drug-likeness (QED) is 0.740. The molecule has 3 rings (SSSR count). The van der Waals surface area contributed by atoms with E-state index in [9.17, 15) is 10.1 Å². The van der Waals surface area contributed by atoms with E-state index in [4.69, 9.17) is 9.47 Å². The number of amides is 1. The van der Waals surface area contributed by atoms with E-state index in [1.807, 2.05) is 59.5 Å². The maximum atomic E-state index is 12.4. The molecule has 1 unspecified atom stereocenters. The molecule has 1 fully saturated rings. The van der Waals surface area contributed by atoms with Gasteiger partial charge < -0.3 is 14.4 Å². The lowest BCUT2D eigenvalue weighted by atomic mass is 10.1. The Morgan fingerprint density at radius 3 is 2.46 bits per heavy atom. The zero-order valence-electron chi connectivity index (χ0n) is 16.1. The maximum absolute atomic E-state index is 12.4. The first-order chi connectivity index (χ1) is 13.7. The van der Waals surface area contributed by atoms with E-state index in [1.54, 1.807) is 7.11 Å². The fourth-order valence-corrected chi connectivity index (χ4v) is 3.34. The van der Waals surface area contributed by atoms with E-state index in [0.29, 0.717) is 39.2 Å². The third-order valence-corrected chi connectivity index (χ3v) is 4.89. The smallest absolute Gasteiger partial charge is 0.226 e. The molecule has 0 radical (unpaired) electrons. The van der Waals surface area contributed by atoms with Crippen LogP contribution in [0.1, 0.15) is 18.0 Å². The topological polar surface area (TPSA) is 65.8 Å². The van der Waals surface area contributed by atoms with Gasteiger partial charge in [0.15, 0.2) is 0 Å². The number of rotatable bonds is 7. The van der Waals surface area contributed by atoms with Gasteiger partial charge >= 0.3 is 0 Å². The Morgan fingerprint density at radius 2 is 1.79 bits per heavy atom. The molecule has 1 aliphatic heterocycles. The number of benzene rings is 2. The molecule has 0 aliphatic carbocycles. The molecule has 1 saturated heterocycles. The number of carbonyl (C=O) groups is 1. The van der Waals surface area contributed by atoms with Gasteiger partial charge in [0.2, 0.25) is 5.91 Å². The second-order valence-electron chi connectivity index (χ2n) is 6.64. The number of hydrogen-bond donors (Lipinski definition) is 0. The average Bonchev–Trinajstić information content (AvgIpc) is 2.75. The summed E-state index contributed by atoms with van der Waals surface area (Å²) in [7, 11) is 1.62. The molecular formula is C22H25N3O3. The van der Waals surface area contributed by atoms with Crippen LogP contribution in [-0.2, 0) is 4.79 Å². The first kappa shape index (κ1) is 19.7. The zero-order chi connectivity index (χ0) is 19.8. The molecule has 1 atom stereocenters. The summed E-state index contributed by atoms with van der Waals surface area (Å²) < 4.78 is 10.9. The van der Waals surface area contributed by atoms with Gasteiger partial charge in [-0.15, -0.1) is 0 Å². The van der Waals surface area contributed by atoms with Crippen molar-refractivity contribution in [3.05, 3.63) is 60.2 Å². The predicted molar refractivity (Wildman–Crippen MR) is 106 cm³/mol. The van der Waals surface area contributed by atoms with Crippen molar-refractivity contribution >= 4 is 5.91 Å². The Balaban J connectivity index is 1.49. The molecule has 0 aromatic heterocycles. The molecular weight excluding hydrogens is 354 g/mol. The predicted octanol–water partition coefficient (Wildman–Crippen LogP) is 2.87. The molecule has 0 N–H and O–H groups in total. The highest BCUT2D eigenvalue weighted by atomic mass is 16.5.